The Kier molecular flexibility index (Phi) is 5.05. The van der Waals surface area contributed by atoms with Gasteiger partial charge in [0.15, 0.2) is 18.9 Å². The summed E-state index contributed by atoms with van der Waals surface area (Å²) in [6.07, 6.45) is 8.58. The van der Waals surface area contributed by atoms with Crippen LogP contribution in [0.4, 0.5) is 0 Å². The van der Waals surface area contributed by atoms with Crippen LogP contribution in [0, 0.1) is 0 Å². The van der Waals surface area contributed by atoms with Gasteiger partial charge in [-0.05, 0) is 39.3 Å². The Morgan fingerprint density at radius 3 is 2.09 bits per heavy atom. The molecule has 3 aromatic carbocycles. The first-order valence-electron chi connectivity index (χ1n) is 11.8. The van der Waals surface area contributed by atoms with Crippen LogP contribution in [0.5, 0.6) is 0 Å². The topological polar surface area (TPSA) is 49.3 Å². The summed E-state index contributed by atoms with van der Waals surface area (Å²) in [7, 11) is 0. The van der Waals surface area contributed by atoms with E-state index in [9.17, 15) is 10.2 Å². The van der Waals surface area contributed by atoms with E-state index in [1.54, 1.807) is 0 Å². The molecule has 0 saturated heterocycles. The lowest BCUT2D eigenvalue weighted by Crippen LogP contribution is -2.35. The zero-order valence-corrected chi connectivity index (χ0v) is 18.9. The van der Waals surface area contributed by atoms with Gasteiger partial charge in [0.2, 0.25) is 0 Å². The van der Waals surface area contributed by atoms with Crippen molar-refractivity contribution in [1.82, 2.24) is 4.57 Å². The molecule has 1 aliphatic rings. The van der Waals surface area contributed by atoms with E-state index in [0.29, 0.717) is 13.1 Å². The van der Waals surface area contributed by atoms with Gasteiger partial charge in [0.25, 0.3) is 0 Å². The Morgan fingerprint density at radius 2 is 1.44 bits per heavy atom. The minimum atomic E-state index is -0.476. The van der Waals surface area contributed by atoms with Crippen molar-refractivity contribution < 1.29 is 14.8 Å². The summed E-state index contributed by atoms with van der Waals surface area (Å²) in [5, 5.41) is 21.5. The number of rotatable bonds is 6. The van der Waals surface area contributed by atoms with Gasteiger partial charge in [-0.25, -0.2) is 4.57 Å². The molecule has 2 N–H and O–H groups in total. The zero-order valence-electron chi connectivity index (χ0n) is 18.9. The molecular weight excluding hydrogens is 420 g/mol. The Labute approximate surface area is 199 Å². The highest BCUT2D eigenvalue weighted by atomic mass is 16.3. The predicted molar refractivity (Wildman–Crippen MR) is 134 cm³/mol. The highest BCUT2D eigenvalue weighted by molar-refractivity contribution is 5.99. The summed E-state index contributed by atoms with van der Waals surface area (Å²) < 4.78 is 4.15. The summed E-state index contributed by atoms with van der Waals surface area (Å²) in [4.78, 5) is 0. The Morgan fingerprint density at radius 1 is 0.735 bits per heavy atom. The van der Waals surface area contributed by atoms with Gasteiger partial charge in [0.1, 0.15) is 6.61 Å². The minimum Gasteiger partial charge on any atom is -0.395 e. The summed E-state index contributed by atoms with van der Waals surface area (Å²) >= 11 is 0. The molecule has 0 spiro atoms. The monoisotopic (exact) mass is 447 g/mol. The second-order valence-corrected chi connectivity index (χ2v) is 8.93. The second kappa shape index (κ2) is 8.24. The van der Waals surface area contributed by atoms with E-state index in [2.05, 4.69) is 108 Å². The van der Waals surface area contributed by atoms with Crippen molar-refractivity contribution in [2.75, 3.05) is 13.2 Å². The molecule has 34 heavy (non-hydrogen) atoms. The summed E-state index contributed by atoms with van der Waals surface area (Å²) in [5.41, 5.74) is 6.95. The van der Waals surface area contributed by atoms with Crippen molar-refractivity contribution in [1.29, 1.82) is 0 Å². The largest absolute Gasteiger partial charge is 0.395 e. The van der Waals surface area contributed by atoms with Crippen molar-refractivity contribution in [3.8, 4) is 11.1 Å². The van der Waals surface area contributed by atoms with Crippen LogP contribution < -0.4 is 4.57 Å². The third-order valence-electron chi connectivity index (χ3n) is 7.10. The fourth-order valence-electron chi connectivity index (χ4n) is 5.75. The van der Waals surface area contributed by atoms with E-state index >= 15 is 0 Å². The third kappa shape index (κ3) is 2.96. The van der Waals surface area contributed by atoms with Crippen LogP contribution in [0.2, 0.25) is 0 Å². The number of aliphatic hydroxyl groups excluding tert-OH is 2. The Hall–Kier alpha value is -3.73. The number of nitrogens with zero attached hydrogens (tertiary/aromatic N) is 2. The van der Waals surface area contributed by atoms with Gasteiger partial charge in [-0.1, -0.05) is 66.7 Å². The zero-order chi connectivity index (χ0) is 23.1. The Balaban J connectivity index is 1.76. The minimum absolute atomic E-state index is 0.104. The lowest BCUT2D eigenvalue weighted by Gasteiger charge is -2.34. The number of aliphatic hydroxyl groups is 2. The van der Waals surface area contributed by atoms with Crippen molar-refractivity contribution >= 4 is 10.8 Å². The average Bonchev–Trinajstić information content (AvgIpc) is 3.41. The lowest BCUT2D eigenvalue weighted by atomic mass is 9.67. The molecule has 2 aromatic heterocycles. The van der Waals surface area contributed by atoms with Gasteiger partial charge in [-0.15, -0.1) is 0 Å². The number of hydrogen-bond donors (Lipinski definition) is 2. The smallest absolute Gasteiger partial charge is 0.176 e. The molecule has 6 rings (SSSR count). The number of benzene rings is 3. The van der Waals surface area contributed by atoms with Gasteiger partial charge < -0.3 is 14.8 Å². The normalized spacial score (nSPS) is 13.7. The molecule has 0 saturated carbocycles. The molecule has 5 aromatic rings. The molecule has 1 aliphatic carbocycles. The van der Waals surface area contributed by atoms with Gasteiger partial charge in [-0.2, -0.15) is 0 Å². The SMILES string of the molecule is OCCn1cc2c(c1)C(c1ccccc1)(c1ccccc1)c1c-2ccc2c[n+](CCO)ccc12. The summed E-state index contributed by atoms with van der Waals surface area (Å²) in [6.45, 7) is 1.35. The maximum absolute atomic E-state index is 9.64. The number of hydrogen-bond acceptors (Lipinski definition) is 2. The van der Waals surface area contributed by atoms with E-state index in [4.69, 9.17) is 0 Å². The summed E-state index contributed by atoms with van der Waals surface area (Å²) in [6, 6.07) is 28.1. The molecule has 168 valence electrons. The van der Waals surface area contributed by atoms with Crippen molar-refractivity contribution in [2.45, 2.75) is 18.5 Å². The first-order valence-corrected chi connectivity index (χ1v) is 11.8. The lowest BCUT2D eigenvalue weighted by molar-refractivity contribution is -0.696. The van der Waals surface area contributed by atoms with E-state index in [-0.39, 0.29) is 13.2 Å². The maximum Gasteiger partial charge on any atom is 0.176 e. The fourth-order valence-corrected chi connectivity index (χ4v) is 5.75. The molecule has 4 heteroatoms. The van der Waals surface area contributed by atoms with Gasteiger partial charge in [0.05, 0.1) is 12.0 Å². The first kappa shape index (κ1) is 20.8. The van der Waals surface area contributed by atoms with Crippen LogP contribution in [0.3, 0.4) is 0 Å². The molecule has 0 amide bonds. The standard InChI is InChI=1S/C30H27N2O2/c33-17-15-31-14-13-25-22(19-31)11-12-26-27-20-32(16-18-34)21-28(27)30(29(25)26,23-7-3-1-4-8-23)24-9-5-2-6-10-24/h1-14,19-21,33-34H,15-18H2/q+1. The van der Waals surface area contributed by atoms with Crippen LogP contribution in [-0.2, 0) is 18.5 Å². The van der Waals surface area contributed by atoms with Crippen molar-refractivity contribution in [3.05, 3.63) is 126 Å². The molecule has 0 atom stereocenters. The number of fused-ring (bicyclic) bond motifs is 5. The first-order chi connectivity index (χ1) is 16.8. The molecule has 0 aliphatic heterocycles. The van der Waals surface area contributed by atoms with Crippen LogP contribution >= 0.6 is 0 Å². The molecular formula is C30H27N2O2+. The van der Waals surface area contributed by atoms with Crippen LogP contribution in [0.25, 0.3) is 21.9 Å². The van der Waals surface area contributed by atoms with E-state index in [1.807, 2.05) is 4.57 Å². The van der Waals surface area contributed by atoms with Gasteiger partial charge in [-0.3, -0.25) is 0 Å². The van der Waals surface area contributed by atoms with E-state index in [1.165, 1.54) is 38.8 Å². The van der Waals surface area contributed by atoms with Crippen LogP contribution in [0.1, 0.15) is 22.3 Å². The quantitative estimate of drug-likeness (QED) is 0.375. The predicted octanol–water partition coefficient (Wildman–Crippen LogP) is 4.28. The van der Waals surface area contributed by atoms with Crippen molar-refractivity contribution in [3.63, 3.8) is 0 Å². The second-order valence-electron chi connectivity index (χ2n) is 8.93. The number of aromatic nitrogens is 2. The highest BCUT2D eigenvalue weighted by Gasteiger charge is 2.48. The van der Waals surface area contributed by atoms with Gasteiger partial charge in [0, 0.05) is 36.0 Å². The van der Waals surface area contributed by atoms with Crippen molar-refractivity contribution in [2.24, 2.45) is 0 Å². The fraction of sp³-hybridized carbons (Fsp3) is 0.167. The molecule has 2 heterocycles. The molecule has 0 radical (unpaired) electrons. The Bertz CT molecular complexity index is 1430. The highest BCUT2D eigenvalue weighted by Crippen LogP contribution is 2.58. The molecule has 4 nitrogen and oxygen atoms in total. The molecule has 0 unspecified atom stereocenters. The van der Waals surface area contributed by atoms with Crippen LogP contribution in [-0.4, -0.2) is 28.0 Å². The average molecular weight is 448 g/mol. The van der Waals surface area contributed by atoms with E-state index in [0.717, 1.165) is 5.39 Å². The third-order valence-corrected chi connectivity index (χ3v) is 7.10. The number of pyridine rings is 1. The summed E-state index contributed by atoms with van der Waals surface area (Å²) in [5.74, 6) is 0. The molecule has 0 fully saturated rings. The van der Waals surface area contributed by atoms with Gasteiger partial charge >= 0.3 is 0 Å². The van der Waals surface area contributed by atoms with Crippen LogP contribution in [0.15, 0.2) is 104 Å². The maximum atomic E-state index is 9.64. The van der Waals surface area contributed by atoms with E-state index < -0.39 is 5.41 Å². The molecule has 0 bridgehead atoms.